The van der Waals surface area contributed by atoms with Gasteiger partial charge in [0.25, 0.3) is 5.91 Å². The molecule has 0 atom stereocenters. The largest absolute Gasteiger partial charge is 0.346 e. The number of amides is 1. The number of hydrogen-bond donors (Lipinski definition) is 1. The summed E-state index contributed by atoms with van der Waals surface area (Å²) >= 11 is 0. The van der Waals surface area contributed by atoms with Gasteiger partial charge in [-0.15, -0.1) is 0 Å². The van der Waals surface area contributed by atoms with E-state index in [9.17, 15) is 4.79 Å². The van der Waals surface area contributed by atoms with E-state index in [1.54, 1.807) is 12.3 Å². The standard InChI is InChI=1S/C22H23N5O/c1-16(2)12-27-15-23-10-19(27)11-24-22(28)18-8-9-21-25-20(14-26(21)13-18)17-6-4-3-5-7-17/h3-10,13-16H,11-12H2,1-2H3,(H,24,28). The van der Waals surface area contributed by atoms with Crippen molar-refractivity contribution in [3.63, 3.8) is 0 Å². The molecular weight excluding hydrogens is 350 g/mol. The highest BCUT2D eigenvalue weighted by atomic mass is 16.1. The van der Waals surface area contributed by atoms with Crippen molar-refractivity contribution in [3.05, 3.63) is 78.6 Å². The number of imidazole rings is 2. The number of pyridine rings is 1. The van der Waals surface area contributed by atoms with Crippen molar-refractivity contribution in [1.29, 1.82) is 0 Å². The molecule has 0 unspecified atom stereocenters. The average Bonchev–Trinajstić information content (AvgIpc) is 3.32. The molecule has 0 bridgehead atoms. The SMILES string of the molecule is CC(C)Cn1cncc1CNC(=O)c1ccc2nc(-c3ccccc3)cn2c1. The average molecular weight is 373 g/mol. The molecule has 0 saturated carbocycles. The smallest absolute Gasteiger partial charge is 0.253 e. The van der Waals surface area contributed by atoms with Crippen LogP contribution in [0.5, 0.6) is 0 Å². The summed E-state index contributed by atoms with van der Waals surface area (Å²) in [6.07, 6.45) is 7.37. The lowest BCUT2D eigenvalue weighted by atomic mass is 10.2. The van der Waals surface area contributed by atoms with Crippen molar-refractivity contribution in [2.24, 2.45) is 5.92 Å². The fourth-order valence-corrected chi connectivity index (χ4v) is 3.20. The summed E-state index contributed by atoms with van der Waals surface area (Å²) in [5, 5.41) is 2.98. The highest BCUT2D eigenvalue weighted by molar-refractivity contribution is 5.94. The van der Waals surface area contributed by atoms with E-state index in [1.165, 1.54) is 0 Å². The predicted molar refractivity (Wildman–Crippen MR) is 109 cm³/mol. The molecule has 3 aromatic heterocycles. The lowest BCUT2D eigenvalue weighted by Gasteiger charge is -2.11. The molecule has 142 valence electrons. The molecule has 0 saturated heterocycles. The zero-order valence-corrected chi connectivity index (χ0v) is 16.0. The van der Waals surface area contributed by atoms with Crippen LogP contribution in [0.4, 0.5) is 0 Å². The van der Waals surface area contributed by atoms with Crippen molar-refractivity contribution in [2.45, 2.75) is 26.9 Å². The Hall–Kier alpha value is -3.41. The number of benzene rings is 1. The molecule has 0 aliphatic heterocycles. The Kier molecular flexibility index (Phi) is 4.93. The van der Waals surface area contributed by atoms with Gasteiger partial charge in [-0.3, -0.25) is 4.79 Å². The van der Waals surface area contributed by atoms with Gasteiger partial charge in [-0.05, 0) is 18.1 Å². The summed E-state index contributed by atoms with van der Waals surface area (Å²) in [5.41, 5.74) is 4.34. The Labute approximate surface area is 163 Å². The lowest BCUT2D eigenvalue weighted by molar-refractivity contribution is 0.0949. The van der Waals surface area contributed by atoms with Crippen LogP contribution in [-0.2, 0) is 13.1 Å². The van der Waals surface area contributed by atoms with Gasteiger partial charge in [0.2, 0.25) is 0 Å². The van der Waals surface area contributed by atoms with Crippen LogP contribution in [0.3, 0.4) is 0 Å². The van der Waals surface area contributed by atoms with E-state index in [4.69, 9.17) is 0 Å². The van der Waals surface area contributed by atoms with Gasteiger partial charge in [-0.2, -0.15) is 0 Å². The van der Waals surface area contributed by atoms with Crippen molar-refractivity contribution < 1.29 is 4.79 Å². The van der Waals surface area contributed by atoms with Crippen molar-refractivity contribution in [2.75, 3.05) is 0 Å². The zero-order valence-electron chi connectivity index (χ0n) is 16.0. The van der Waals surface area contributed by atoms with Gasteiger partial charge in [-0.1, -0.05) is 44.2 Å². The first-order chi connectivity index (χ1) is 13.6. The summed E-state index contributed by atoms with van der Waals surface area (Å²) in [6, 6.07) is 13.7. The maximum Gasteiger partial charge on any atom is 0.253 e. The Morgan fingerprint density at radius 3 is 2.71 bits per heavy atom. The van der Waals surface area contributed by atoms with E-state index in [0.29, 0.717) is 18.0 Å². The van der Waals surface area contributed by atoms with Crippen LogP contribution in [0.1, 0.15) is 29.9 Å². The van der Waals surface area contributed by atoms with Crippen molar-refractivity contribution in [1.82, 2.24) is 24.3 Å². The molecule has 28 heavy (non-hydrogen) atoms. The number of nitrogens with zero attached hydrogens (tertiary/aromatic N) is 4. The molecule has 0 aliphatic carbocycles. The number of carbonyl (C=O) groups excluding carboxylic acids is 1. The van der Waals surface area contributed by atoms with E-state index in [2.05, 4.69) is 33.7 Å². The quantitative estimate of drug-likeness (QED) is 0.559. The van der Waals surface area contributed by atoms with E-state index in [-0.39, 0.29) is 5.91 Å². The second-order valence-corrected chi connectivity index (χ2v) is 7.29. The van der Waals surface area contributed by atoms with E-state index < -0.39 is 0 Å². The minimum atomic E-state index is -0.117. The maximum atomic E-state index is 12.6. The molecule has 0 fully saturated rings. The first kappa shape index (κ1) is 18.0. The number of carbonyl (C=O) groups is 1. The summed E-state index contributed by atoms with van der Waals surface area (Å²) in [5.74, 6) is 0.403. The third-order valence-electron chi connectivity index (χ3n) is 4.57. The molecule has 1 aromatic carbocycles. The first-order valence-electron chi connectivity index (χ1n) is 9.41. The number of fused-ring (bicyclic) bond motifs is 1. The molecule has 4 aromatic rings. The minimum absolute atomic E-state index is 0.117. The number of hydrogen-bond acceptors (Lipinski definition) is 3. The van der Waals surface area contributed by atoms with Gasteiger partial charge in [-0.25, -0.2) is 9.97 Å². The van der Waals surface area contributed by atoms with Crippen LogP contribution in [0.2, 0.25) is 0 Å². The van der Waals surface area contributed by atoms with Gasteiger partial charge in [0.05, 0.1) is 29.8 Å². The molecule has 3 heterocycles. The Balaban J connectivity index is 1.49. The third kappa shape index (κ3) is 3.81. The van der Waals surface area contributed by atoms with Crippen LogP contribution in [0, 0.1) is 5.92 Å². The van der Waals surface area contributed by atoms with Gasteiger partial charge < -0.3 is 14.3 Å². The molecule has 0 radical (unpaired) electrons. The molecule has 0 aliphatic rings. The molecule has 6 nitrogen and oxygen atoms in total. The zero-order chi connectivity index (χ0) is 19.5. The number of aromatic nitrogens is 4. The fraction of sp³-hybridized carbons (Fsp3) is 0.227. The highest BCUT2D eigenvalue weighted by Crippen LogP contribution is 2.19. The summed E-state index contributed by atoms with van der Waals surface area (Å²) in [6.45, 7) is 5.65. The van der Waals surface area contributed by atoms with Crippen LogP contribution >= 0.6 is 0 Å². The van der Waals surface area contributed by atoms with Gasteiger partial charge in [0, 0.05) is 30.7 Å². The molecular formula is C22H23N5O. The normalized spacial score (nSPS) is 11.2. The van der Waals surface area contributed by atoms with Crippen LogP contribution in [0.15, 0.2) is 67.4 Å². The van der Waals surface area contributed by atoms with Gasteiger partial charge in [0.1, 0.15) is 5.65 Å². The number of rotatable bonds is 6. The molecule has 0 spiro atoms. The molecule has 1 amide bonds. The summed E-state index contributed by atoms with van der Waals surface area (Å²) in [4.78, 5) is 21.4. The second-order valence-electron chi connectivity index (χ2n) is 7.29. The first-order valence-corrected chi connectivity index (χ1v) is 9.41. The van der Waals surface area contributed by atoms with Gasteiger partial charge >= 0.3 is 0 Å². The van der Waals surface area contributed by atoms with Crippen LogP contribution in [0.25, 0.3) is 16.9 Å². The second kappa shape index (κ2) is 7.68. The molecule has 1 N–H and O–H groups in total. The lowest BCUT2D eigenvalue weighted by Crippen LogP contribution is -2.24. The topological polar surface area (TPSA) is 64.2 Å². The minimum Gasteiger partial charge on any atom is -0.346 e. The van der Waals surface area contributed by atoms with E-state index in [1.807, 2.05) is 59.5 Å². The molecule has 4 rings (SSSR count). The third-order valence-corrected chi connectivity index (χ3v) is 4.57. The monoisotopic (exact) mass is 373 g/mol. The summed E-state index contributed by atoms with van der Waals surface area (Å²) < 4.78 is 3.97. The maximum absolute atomic E-state index is 12.6. The van der Waals surface area contributed by atoms with Crippen molar-refractivity contribution >= 4 is 11.6 Å². The summed E-state index contributed by atoms with van der Waals surface area (Å²) in [7, 11) is 0. The van der Waals surface area contributed by atoms with E-state index >= 15 is 0 Å². The Bertz CT molecular complexity index is 1090. The van der Waals surface area contributed by atoms with Crippen LogP contribution < -0.4 is 5.32 Å². The van der Waals surface area contributed by atoms with E-state index in [0.717, 1.165) is 29.1 Å². The predicted octanol–water partition coefficient (Wildman–Crippen LogP) is 3.78. The van der Waals surface area contributed by atoms with Crippen molar-refractivity contribution in [3.8, 4) is 11.3 Å². The highest BCUT2D eigenvalue weighted by Gasteiger charge is 2.11. The molecule has 6 heteroatoms. The fourth-order valence-electron chi connectivity index (χ4n) is 3.20. The number of nitrogens with one attached hydrogen (secondary N) is 1. The Morgan fingerprint density at radius 1 is 1.11 bits per heavy atom. The van der Waals surface area contributed by atoms with Gasteiger partial charge in [0.15, 0.2) is 0 Å². The van der Waals surface area contributed by atoms with Crippen LogP contribution in [-0.4, -0.2) is 24.8 Å². The Morgan fingerprint density at radius 2 is 1.93 bits per heavy atom.